The number of aromatic nitrogens is 1. The van der Waals surface area contributed by atoms with Crippen molar-refractivity contribution < 1.29 is 4.74 Å². The molecule has 0 aromatic carbocycles. The van der Waals surface area contributed by atoms with Gasteiger partial charge in [-0.25, -0.2) is 4.98 Å². The van der Waals surface area contributed by atoms with Gasteiger partial charge in [0.2, 0.25) is 0 Å². The van der Waals surface area contributed by atoms with E-state index in [1.807, 2.05) is 17.5 Å². The molecular formula is C13H22N2OS. The Bertz CT molecular complexity index is 334. The van der Waals surface area contributed by atoms with Gasteiger partial charge in [-0.05, 0) is 32.7 Å². The summed E-state index contributed by atoms with van der Waals surface area (Å²) < 4.78 is 5.62. The Hall–Kier alpha value is -0.450. The van der Waals surface area contributed by atoms with Crippen molar-refractivity contribution >= 4 is 11.3 Å². The molecule has 2 rings (SSSR count). The van der Waals surface area contributed by atoms with E-state index in [2.05, 4.69) is 24.1 Å². The van der Waals surface area contributed by atoms with Crippen molar-refractivity contribution in [1.29, 1.82) is 0 Å². The van der Waals surface area contributed by atoms with E-state index >= 15 is 0 Å². The molecule has 1 fully saturated rings. The highest BCUT2D eigenvalue weighted by molar-refractivity contribution is 7.11. The van der Waals surface area contributed by atoms with Crippen molar-refractivity contribution in [2.45, 2.75) is 39.2 Å². The van der Waals surface area contributed by atoms with Gasteiger partial charge in [0.25, 0.3) is 0 Å². The van der Waals surface area contributed by atoms with Gasteiger partial charge in [0.15, 0.2) is 0 Å². The number of hydrogen-bond donors (Lipinski definition) is 1. The number of aryl methyl sites for hydroxylation is 1. The molecule has 0 saturated carbocycles. The van der Waals surface area contributed by atoms with Crippen LogP contribution in [0.5, 0.6) is 0 Å². The molecule has 0 amide bonds. The van der Waals surface area contributed by atoms with Crippen LogP contribution >= 0.6 is 11.3 Å². The Morgan fingerprint density at radius 3 is 3.12 bits per heavy atom. The topological polar surface area (TPSA) is 34.2 Å². The Kier molecular flexibility index (Phi) is 4.95. The molecule has 4 heteroatoms. The number of ether oxygens (including phenoxy) is 1. The summed E-state index contributed by atoms with van der Waals surface area (Å²) >= 11 is 1.81. The maximum Gasteiger partial charge on any atom is 0.0897 e. The van der Waals surface area contributed by atoms with Crippen LogP contribution in [0.15, 0.2) is 6.20 Å². The largest absolute Gasteiger partial charge is 0.381 e. The average Bonchev–Trinajstić information content (AvgIpc) is 2.78. The summed E-state index contributed by atoms with van der Waals surface area (Å²) in [5.41, 5.74) is 0. The molecule has 1 N–H and O–H groups in total. The lowest BCUT2D eigenvalue weighted by Gasteiger charge is -2.30. The van der Waals surface area contributed by atoms with Gasteiger partial charge in [-0.2, -0.15) is 0 Å². The van der Waals surface area contributed by atoms with Crippen molar-refractivity contribution in [2.75, 3.05) is 19.8 Å². The summed E-state index contributed by atoms with van der Waals surface area (Å²) in [7, 11) is 0. The van der Waals surface area contributed by atoms with Crippen molar-refractivity contribution in [1.82, 2.24) is 10.3 Å². The van der Waals surface area contributed by atoms with Gasteiger partial charge in [-0.15, -0.1) is 11.3 Å². The van der Waals surface area contributed by atoms with Crippen LogP contribution in [0.2, 0.25) is 0 Å². The molecule has 0 spiro atoms. The normalized spacial score (nSPS) is 22.6. The molecule has 2 atom stereocenters. The standard InChI is InChI=1S/C13H22N2OS/c1-3-6-14-13(11-5-4-7-16-9-11)12-8-15-10(2)17-12/h8,11,13-14H,3-7,9H2,1-2H3. The van der Waals surface area contributed by atoms with Crippen molar-refractivity contribution in [3.05, 3.63) is 16.1 Å². The molecule has 17 heavy (non-hydrogen) atoms. The van der Waals surface area contributed by atoms with E-state index in [4.69, 9.17) is 4.74 Å². The van der Waals surface area contributed by atoms with Crippen LogP contribution < -0.4 is 5.32 Å². The number of thiazole rings is 1. The number of rotatable bonds is 5. The van der Waals surface area contributed by atoms with Crippen LogP contribution in [0.1, 0.15) is 42.1 Å². The molecule has 3 nitrogen and oxygen atoms in total. The SMILES string of the molecule is CCCNC(c1cnc(C)s1)C1CCCOC1. The Morgan fingerprint density at radius 1 is 1.65 bits per heavy atom. The molecule has 0 radical (unpaired) electrons. The van der Waals surface area contributed by atoms with E-state index in [-0.39, 0.29) is 0 Å². The molecule has 0 aliphatic carbocycles. The van der Waals surface area contributed by atoms with Crippen LogP contribution in [0.3, 0.4) is 0 Å². The quantitative estimate of drug-likeness (QED) is 0.877. The zero-order valence-corrected chi connectivity index (χ0v) is 11.6. The molecule has 1 aliphatic heterocycles. The summed E-state index contributed by atoms with van der Waals surface area (Å²) in [6, 6.07) is 0.432. The molecule has 1 aromatic rings. The molecule has 1 aromatic heterocycles. The predicted molar refractivity (Wildman–Crippen MR) is 71.4 cm³/mol. The van der Waals surface area contributed by atoms with E-state index in [0.717, 1.165) is 24.8 Å². The predicted octanol–water partition coefficient (Wildman–Crippen LogP) is 2.92. The molecule has 0 bridgehead atoms. The minimum Gasteiger partial charge on any atom is -0.381 e. The Balaban J connectivity index is 2.06. The van der Waals surface area contributed by atoms with Crippen LogP contribution in [0.4, 0.5) is 0 Å². The fraction of sp³-hybridized carbons (Fsp3) is 0.769. The summed E-state index contributed by atoms with van der Waals surface area (Å²) in [4.78, 5) is 5.75. The summed E-state index contributed by atoms with van der Waals surface area (Å²) in [6.45, 7) is 7.16. The van der Waals surface area contributed by atoms with Gasteiger partial charge in [-0.1, -0.05) is 6.92 Å². The lowest BCUT2D eigenvalue weighted by Crippen LogP contribution is -2.33. The molecule has 1 aliphatic rings. The highest BCUT2D eigenvalue weighted by atomic mass is 32.1. The van der Waals surface area contributed by atoms with Crippen molar-refractivity contribution in [3.63, 3.8) is 0 Å². The third kappa shape index (κ3) is 3.50. The van der Waals surface area contributed by atoms with Crippen LogP contribution in [-0.2, 0) is 4.74 Å². The van der Waals surface area contributed by atoms with Gasteiger partial charge in [-0.3, -0.25) is 0 Å². The summed E-state index contributed by atoms with van der Waals surface area (Å²) in [5, 5.41) is 4.81. The van der Waals surface area contributed by atoms with Crippen LogP contribution in [0, 0.1) is 12.8 Å². The second kappa shape index (κ2) is 6.47. The van der Waals surface area contributed by atoms with Gasteiger partial charge in [0.1, 0.15) is 0 Å². The third-order valence-corrected chi connectivity index (χ3v) is 4.22. The zero-order chi connectivity index (χ0) is 12.1. The first-order chi connectivity index (χ1) is 8.31. The van der Waals surface area contributed by atoms with E-state index in [1.54, 1.807) is 0 Å². The fourth-order valence-corrected chi connectivity index (χ4v) is 3.30. The second-order valence-electron chi connectivity index (χ2n) is 4.69. The van der Waals surface area contributed by atoms with Gasteiger partial charge < -0.3 is 10.1 Å². The summed E-state index contributed by atoms with van der Waals surface area (Å²) in [6.07, 6.45) is 5.65. The van der Waals surface area contributed by atoms with E-state index in [0.29, 0.717) is 12.0 Å². The van der Waals surface area contributed by atoms with Gasteiger partial charge in [0, 0.05) is 29.6 Å². The maximum absolute atomic E-state index is 5.62. The lowest BCUT2D eigenvalue weighted by molar-refractivity contribution is 0.0395. The Labute approximate surface area is 108 Å². The monoisotopic (exact) mass is 254 g/mol. The highest BCUT2D eigenvalue weighted by Gasteiger charge is 2.26. The van der Waals surface area contributed by atoms with Crippen LogP contribution in [-0.4, -0.2) is 24.7 Å². The zero-order valence-electron chi connectivity index (χ0n) is 10.7. The van der Waals surface area contributed by atoms with E-state index in [9.17, 15) is 0 Å². The number of nitrogens with zero attached hydrogens (tertiary/aromatic N) is 1. The second-order valence-corrected chi connectivity index (χ2v) is 5.96. The summed E-state index contributed by atoms with van der Waals surface area (Å²) in [5.74, 6) is 0.607. The molecule has 2 unspecified atom stereocenters. The van der Waals surface area contributed by atoms with Gasteiger partial charge >= 0.3 is 0 Å². The maximum atomic E-state index is 5.62. The van der Waals surface area contributed by atoms with Crippen LogP contribution in [0.25, 0.3) is 0 Å². The van der Waals surface area contributed by atoms with Crippen molar-refractivity contribution in [2.24, 2.45) is 5.92 Å². The Morgan fingerprint density at radius 2 is 2.53 bits per heavy atom. The molecule has 1 saturated heterocycles. The first-order valence-corrected chi connectivity index (χ1v) is 7.36. The lowest BCUT2D eigenvalue weighted by atomic mass is 9.93. The minimum atomic E-state index is 0.432. The van der Waals surface area contributed by atoms with E-state index < -0.39 is 0 Å². The number of hydrogen-bond acceptors (Lipinski definition) is 4. The van der Waals surface area contributed by atoms with E-state index in [1.165, 1.54) is 24.1 Å². The van der Waals surface area contributed by atoms with Gasteiger partial charge in [0.05, 0.1) is 11.6 Å². The molecule has 96 valence electrons. The minimum absolute atomic E-state index is 0.432. The smallest absolute Gasteiger partial charge is 0.0897 e. The first-order valence-electron chi connectivity index (χ1n) is 6.54. The first kappa shape index (κ1) is 13.0. The van der Waals surface area contributed by atoms with Crippen molar-refractivity contribution in [3.8, 4) is 0 Å². The fourth-order valence-electron chi connectivity index (χ4n) is 2.35. The molecular weight excluding hydrogens is 232 g/mol. The molecule has 2 heterocycles. The number of nitrogens with one attached hydrogen (secondary N) is 1. The third-order valence-electron chi connectivity index (χ3n) is 3.23. The highest BCUT2D eigenvalue weighted by Crippen LogP contribution is 2.31. The average molecular weight is 254 g/mol.